The van der Waals surface area contributed by atoms with Crippen LogP contribution in [0.4, 0.5) is 0 Å². The molecule has 3 aromatic heterocycles. The third kappa shape index (κ3) is 3.77. The average molecular weight is 454 g/mol. The minimum Gasteiger partial charge on any atom is -0.473 e. The second-order valence-corrected chi connectivity index (χ2v) is 10.2. The van der Waals surface area contributed by atoms with Crippen molar-refractivity contribution in [2.24, 2.45) is 5.92 Å². The number of nitrogens with one attached hydrogen (secondary N) is 1. The lowest BCUT2D eigenvalue weighted by Crippen LogP contribution is -2.26. The topological polar surface area (TPSA) is 91.2 Å². The molecule has 168 valence electrons. The predicted molar refractivity (Wildman–Crippen MR) is 121 cm³/mol. The molecule has 0 unspecified atom stereocenters. The monoisotopic (exact) mass is 453 g/mol. The fourth-order valence-corrected chi connectivity index (χ4v) is 5.68. The lowest BCUT2D eigenvalue weighted by atomic mass is 10.0. The number of hydrogen-bond acceptors (Lipinski definition) is 7. The van der Waals surface area contributed by atoms with E-state index in [2.05, 4.69) is 14.9 Å². The smallest absolute Gasteiger partial charge is 0.241 e. The molecule has 2 saturated heterocycles. The molecule has 1 N–H and O–H groups in total. The van der Waals surface area contributed by atoms with Gasteiger partial charge in [-0.1, -0.05) is 0 Å². The summed E-state index contributed by atoms with van der Waals surface area (Å²) in [6.07, 6.45) is 8.56. The number of thiazole rings is 1. The van der Waals surface area contributed by atoms with Crippen LogP contribution in [-0.2, 0) is 9.53 Å². The molecule has 0 spiro atoms. The third-order valence-electron chi connectivity index (χ3n) is 6.78. The fourth-order valence-electron chi connectivity index (χ4n) is 4.63. The molecule has 1 amide bonds. The van der Waals surface area contributed by atoms with Crippen molar-refractivity contribution in [3.05, 3.63) is 23.6 Å². The van der Waals surface area contributed by atoms with E-state index in [1.165, 1.54) is 0 Å². The number of imidazole rings is 1. The van der Waals surface area contributed by atoms with Gasteiger partial charge >= 0.3 is 0 Å². The normalized spacial score (nSPS) is 22.9. The molecule has 6 rings (SSSR count). The van der Waals surface area contributed by atoms with Crippen LogP contribution in [0.5, 0.6) is 5.88 Å². The van der Waals surface area contributed by atoms with Gasteiger partial charge in [-0.05, 0) is 38.7 Å². The molecule has 1 saturated carbocycles. The van der Waals surface area contributed by atoms with E-state index in [0.717, 1.165) is 65.5 Å². The van der Waals surface area contributed by atoms with E-state index < -0.39 is 0 Å². The summed E-state index contributed by atoms with van der Waals surface area (Å²) in [6.45, 7) is 4.28. The van der Waals surface area contributed by atoms with Crippen molar-refractivity contribution in [1.82, 2.24) is 24.8 Å². The number of nitrogens with zero attached hydrogens (tertiary/aromatic N) is 4. The zero-order valence-electron chi connectivity index (χ0n) is 18.1. The van der Waals surface area contributed by atoms with Gasteiger partial charge in [-0.3, -0.25) is 4.79 Å². The molecule has 8 nitrogen and oxygen atoms in total. The first-order chi connectivity index (χ1) is 15.7. The number of carbonyl (C=O) groups is 1. The highest BCUT2D eigenvalue weighted by atomic mass is 32.1. The molecule has 3 fully saturated rings. The Morgan fingerprint density at radius 3 is 2.84 bits per heavy atom. The van der Waals surface area contributed by atoms with Gasteiger partial charge in [0.05, 0.1) is 27.4 Å². The zero-order chi connectivity index (χ0) is 21.7. The van der Waals surface area contributed by atoms with Gasteiger partial charge in [0.15, 0.2) is 0 Å². The first-order valence-corrected chi connectivity index (χ1v) is 12.3. The molecule has 32 heavy (non-hydrogen) atoms. The Bertz CT molecular complexity index is 1150. The van der Waals surface area contributed by atoms with Crippen LogP contribution >= 0.6 is 11.3 Å². The number of rotatable bonds is 6. The van der Waals surface area contributed by atoms with Crippen LogP contribution in [0.3, 0.4) is 0 Å². The van der Waals surface area contributed by atoms with E-state index in [1.54, 1.807) is 11.3 Å². The van der Waals surface area contributed by atoms with E-state index >= 15 is 0 Å². The highest BCUT2D eigenvalue weighted by Crippen LogP contribution is 2.41. The average Bonchev–Trinajstić information content (AvgIpc) is 3.19. The SMILES string of the molecule is C[C@@H](Oc1nc(-c2cnc(C3CCOCC3)s2)cc2ncn(C3CC3)c12)[C@H]1CNC(=O)C1. The number of fused-ring (bicyclic) bond motifs is 1. The summed E-state index contributed by atoms with van der Waals surface area (Å²) in [5.74, 6) is 1.30. The summed E-state index contributed by atoms with van der Waals surface area (Å²) in [5.41, 5.74) is 2.69. The Balaban J connectivity index is 1.35. The van der Waals surface area contributed by atoms with E-state index in [0.29, 0.717) is 30.8 Å². The van der Waals surface area contributed by atoms with Gasteiger partial charge in [0.2, 0.25) is 11.8 Å². The van der Waals surface area contributed by atoms with Crippen molar-refractivity contribution < 1.29 is 14.3 Å². The Labute approximate surface area is 190 Å². The first-order valence-electron chi connectivity index (χ1n) is 11.5. The lowest BCUT2D eigenvalue weighted by molar-refractivity contribution is -0.119. The van der Waals surface area contributed by atoms with E-state index in [4.69, 9.17) is 19.4 Å². The number of ether oxygens (including phenoxy) is 2. The van der Waals surface area contributed by atoms with Crippen molar-refractivity contribution in [2.45, 2.75) is 57.1 Å². The maximum absolute atomic E-state index is 11.7. The maximum Gasteiger partial charge on any atom is 0.241 e. The molecular formula is C23H27N5O3S. The maximum atomic E-state index is 11.7. The van der Waals surface area contributed by atoms with Crippen LogP contribution in [0, 0.1) is 5.92 Å². The minimum absolute atomic E-state index is 0.0885. The number of pyridine rings is 1. The van der Waals surface area contributed by atoms with Gasteiger partial charge < -0.3 is 19.4 Å². The standard InChI is InChI=1S/C23H27N5O3S/c1-13(15-8-20(29)24-10-15)31-22-21-18(26-12-28(21)16-2-3-16)9-17(27-22)19-11-25-23(32-19)14-4-6-30-7-5-14/h9,11-16H,2-8,10H2,1H3,(H,24,29)/t13-,15-/m1/s1. The number of carbonyl (C=O) groups excluding carboxylic acids is 1. The summed E-state index contributed by atoms with van der Waals surface area (Å²) in [4.78, 5) is 27.1. The van der Waals surface area contributed by atoms with Gasteiger partial charge in [0, 0.05) is 50.3 Å². The first kappa shape index (κ1) is 20.1. The van der Waals surface area contributed by atoms with Crippen LogP contribution in [0.2, 0.25) is 0 Å². The molecule has 1 aliphatic carbocycles. The van der Waals surface area contributed by atoms with Crippen LogP contribution < -0.4 is 10.1 Å². The molecular weight excluding hydrogens is 426 g/mol. The molecule has 9 heteroatoms. The molecule has 0 bridgehead atoms. The van der Waals surface area contributed by atoms with Gasteiger partial charge in [-0.2, -0.15) is 0 Å². The van der Waals surface area contributed by atoms with Crippen molar-refractivity contribution in [1.29, 1.82) is 0 Å². The van der Waals surface area contributed by atoms with Gasteiger partial charge in [-0.15, -0.1) is 11.3 Å². The van der Waals surface area contributed by atoms with E-state index in [1.807, 2.05) is 25.5 Å². The van der Waals surface area contributed by atoms with Gasteiger partial charge in [0.25, 0.3) is 0 Å². The molecule has 5 heterocycles. The Morgan fingerprint density at radius 1 is 1.25 bits per heavy atom. The second-order valence-electron chi connectivity index (χ2n) is 9.10. The number of amides is 1. The second kappa shape index (κ2) is 8.12. The summed E-state index contributed by atoms with van der Waals surface area (Å²) in [7, 11) is 0. The van der Waals surface area contributed by atoms with Gasteiger partial charge in [-0.25, -0.2) is 15.0 Å². The third-order valence-corrected chi connectivity index (χ3v) is 7.96. The van der Waals surface area contributed by atoms with Crippen molar-refractivity contribution in [3.8, 4) is 16.5 Å². The van der Waals surface area contributed by atoms with Gasteiger partial charge in [0.1, 0.15) is 11.6 Å². The summed E-state index contributed by atoms with van der Waals surface area (Å²) in [6, 6.07) is 2.52. The summed E-state index contributed by atoms with van der Waals surface area (Å²) in [5, 5.41) is 4.06. The summed E-state index contributed by atoms with van der Waals surface area (Å²) >= 11 is 1.71. The Kier molecular flexibility index (Phi) is 5.10. The highest BCUT2D eigenvalue weighted by Gasteiger charge is 2.31. The fraction of sp³-hybridized carbons (Fsp3) is 0.565. The molecule has 3 aliphatic rings. The molecule has 0 aromatic carbocycles. The molecule has 2 atom stereocenters. The summed E-state index contributed by atoms with van der Waals surface area (Å²) < 4.78 is 14.1. The number of aromatic nitrogens is 4. The van der Waals surface area contributed by atoms with Crippen molar-refractivity contribution in [3.63, 3.8) is 0 Å². The Morgan fingerprint density at radius 2 is 2.09 bits per heavy atom. The molecule has 0 radical (unpaired) electrons. The van der Waals surface area contributed by atoms with Crippen LogP contribution in [-0.4, -0.2) is 51.3 Å². The predicted octanol–water partition coefficient (Wildman–Crippen LogP) is 3.69. The van der Waals surface area contributed by atoms with Crippen LogP contribution in [0.1, 0.15) is 56.0 Å². The zero-order valence-corrected chi connectivity index (χ0v) is 18.9. The molecule has 2 aliphatic heterocycles. The van der Waals surface area contributed by atoms with E-state index in [-0.39, 0.29) is 17.9 Å². The van der Waals surface area contributed by atoms with Crippen LogP contribution in [0.15, 0.2) is 18.6 Å². The van der Waals surface area contributed by atoms with Crippen molar-refractivity contribution >= 4 is 28.3 Å². The number of hydrogen-bond donors (Lipinski definition) is 1. The minimum atomic E-state index is -0.123. The largest absolute Gasteiger partial charge is 0.473 e. The quantitative estimate of drug-likeness (QED) is 0.612. The Hall–Kier alpha value is -2.52. The van der Waals surface area contributed by atoms with E-state index in [9.17, 15) is 4.79 Å². The van der Waals surface area contributed by atoms with Crippen molar-refractivity contribution in [2.75, 3.05) is 19.8 Å². The van der Waals surface area contributed by atoms with Crippen LogP contribution in [0.25, 0.3) is 21.6 Å². The molecule has 3 aromatic rings. The lowest BCUT2D eigenvalue weighted by Gasteiger charge is -2.20. The highest BCUT2D eigenvalue weighted by molar-refractivity contribution is 7.15.